The molecule has 0 aromatic rings. The van der Waals surface area contributed by atoms with Crippen LogP contribution in [0.4, 0.5) is 0 Å². The molecule has 0 aromatic heterocycles. The highest BCUT2D eigenvalue weighted by molar-refractivity contribution is 5.92. The largest absolute Gasteiger partial charge is 0.480 e. The lowest BCUT2D eigenvalue weighted by atomic mass is 9.94. The maximum absolute atomic E-state index is 13.4. The minimum absolute atomic E-state index is 0.0563. The molecular weight excluding hydrogens is 900 g/mol. The van der Waals surface area contributed by atoms with Crippen molar-refractivity contribution in [3.8, 4) is 0 Å². The molecular formula is C39H66N8O20. The highest BCUT2D eigenvalue weighted by Crippen LogP contribution is 2.31. The van der Waals surface area contributed by atoms with Crippen LogP contribution in [0.1, 0.15) is 73.6 Å². The second-order valence-corrected chi connectivity index (χ2v) is 16.2. The number of rotatable bonds is 26. The Bertz CT molecular complexity index is 1730. The molecule has 0 saturated carbocycles. The molecule has 0 aromatic carbocycles. The predicted octanol–water partition coefficient (Wildman–Crippen LogP) is -7.13. The van der Waals surface area contributed by atoms with Crippen molar-refractivity contribution in [2.75, 3.05) is 19.8 Å². The molecule has 67 heavy (non-hydrogen) atoms. The number of aliphatic hydroxyl groups excluding tert-OH is 5. The van der Waals surface area contributed by atoms with Crippen molar-refractivity contribution < 1.29 is 97.8 Å². The lowest BCUT2D eigenvalue weighted by Gasteiger charge is -2.48. The third-order valence-electron chi connectivity index (χ3n) is 10.5. The molecule has 0 spiro atoms. The minimum Gasteiger partial charge on any atom is -0.480 e. The van der Waals surface area contributed by atoms with Gasteiger partial charge in [0, 0.05) is 26.8 Å². The number of nitrogens with one attached hydrogen (secondary N) is 7. The topological polar surface area (TPSA) is 442 Å². The lowest BCUT2D eigenvalue weighted by molar-refractivity contribution is -0.333. The van der Waals surface area contributed by atoms with E-state index in [1.165, 1.54) is 27.7 Å². The number of carboxylic acid groups (broad SMARTS) is 2. The Morgan fingerprint density at radius 3 is 1.75 bits per heavy atom. The number of carbonyl (C=O) groups excluding carboxylic acids is 7. The third-order valence-corrected chi connectivity index (χ3v) is 10.5. The number of unbranched alkanes of at least 4 members (excludes halogenated alkanes) is 1. The van der Waals surface area contributed by atoms with Crippen LogP contribution in [-0.2, 0) is 62.1 Å². The molecule has 2 aliphatic heterocycles. The van der Waals surface area contributed by atoms with Crippen molar-refractivity contribution >= 4 is 53.3 Å². The SMILES string of the molecule is CC(=O)NC1C(OC2C(CO)OC(O)C(NC(C)=O)C2OC(C)C(=O)NC(C)C(=O)NC(CCC(=O)NC(CCCCNC(=O)C(C)NC(=O)C(C)N)C(=O)O)C(=O)O)OC(CO)C(O)C1O. The number of aliphatic hydroxyl groups is 5. The number of carbonyl (C=O) groups is 9. The maximum atomic E-state index is 13.4. The van der Waals surface area contributed by atoms with E-state index in [9.17, 15) is 78.9 Å². The van der Waals surface area contributed by atoms with E-state index >= 15 is 0 Å². The van der Waals surface area contributed by atoms with Crippen LogP contribution in [0.2, 0.25) is 0 Å². The number of carboxylic acids is 2. The van der Waals surface area contributed by atoms with Gasteiger partial charge in [-0.2, -0.15) is 0 Å². The normalized spacial score (nSPS) is 27.6. The summed E-state index contributed by atoms with van der Waals surface area (Å²) in [6, 6.07) is -9.26. The maximum Gasteiger partial charge on any atom is 0.326 e. The van der Waals surface area contributed by atoms with Gasteiger partial charge in [0.25, 0.3) is 0 Å². The summed E-state index contributed by atoms with van der Waals surface area (Å²) in [5, 5.41) is 88.1. The van der Waals surface area contributed by atoms with Gasteiger partial charge in [-0.15, -0.1) is 0 Å². The summed E-state index contributed by atoms with van der Waals surface area (Å²) >= 11 is 0. The number of hydrogen-bond donors (Lipinski definition) is 15. The van der Waals surface area contributed by atoms with Crippen LogP contribution in [0.5, 0.6) is 0 Å². The van der Waals surface area contributed by atoms with E-state index in [2.05, 4.69) is 37.2 Å². The van der Waals surface area contributed by atoms with Gasteiger partial charge < -0.3 is 97.6 Å². The zero-order valence-corrected chi connectivity index (χ0v) is 37.9. The average Bonchev–Trinajstić information content (AvgIpc) is 3.25. The summed E-state index contributed by atoms with van der Waals surface area (Å²) < 4.78 is 23.1. The molecule has 28 nitrogen and oxygen atoms in total. The molecule has 28 heteroatoms. The van der Waals surface area contributed by atoms with Gasteiger partial charge in [-0.3, -0.25) is 33.6 Å². The van der Waals surface area contributed by atoms with Crippen molar-refractivity contribution in [1.82, 2.24) is 37.2 Å². The van der Waals surface area contributed by atoms with Crippen molar-refractivity contribution in [2.24, 2.45) is 5.73 Å². The summed E-state index contributed by atoms with van der Waals surface area (Å²) in [7, 11) is 0. The summed E-state index contributed by atoms with van der Waals surface area (Å²) in [5.74, 6) is -8.29. The fourth-order valence-electron chi connectivity index (χ4n) is 6.82. The predicted molar refractivity (Wildman–Crippen MR) is 224 cm³/mol. The molecule has 16 atom stereocenters. The molecule has 7 amide bonds. The first kappa shape index (κ1) is 58.0. The number of nitrogens with two attached hydrogens (primary N) is 1. The monoisotopic (exact) mass is 966 g/mol. The molecule has 0 aliphatic carbocycles. The highest BCUT2D eigenvalue weighted by Gasteiger charge is 2.53. The van der Waals surface area contributed by atoms with Crippen LogP contribution in [-0.4, -0.2) is 206 Å². The molecule has 2 fully saturated rings. The number of ether oxygens (including phenoxy) is 4. The number of amides is 7. The van der Waals surface area contributed by atoms with E-state index in [0.29, 0.717) is 6.42 Å². The van der Waals surface area contributed by atoms with E-state index < -0.39 is 177 Å². The fourth-order valence-corrected chi connectivity index (χ4v) is 6.82. The van der Waals surface area contributed by atoms with Crippen LogP contribution < -0.4 is 43.0 Å². The Labute approximate surface area is 384 Å². The minimum atomic E-state index is -1.89. The summed E-state index contributed by atoms with van der Waals surface area (Å²) in [5.41, 5.74) is 5.47. The Balaban J connectivity index is 2.08. The van der Waals surface area contributed by atoms with Crippen LogP contribution in [0, 0.1) is 0 Å². The first-order valence-electron chi connectivity index (χ1n) is 21.4. The van der Waals surface area contributed by atoms with E-state index in [4.69, 9.17) is 24.7 Å². The van der Waals surface area contributed by atoms with Gasteiger partial charge in [-0.1, -0.05) is 0 Å². The Kier molecular flexibility index (Phi) is 23.9. The smallest absolute Gasteiger partial charge is 0.326 e. The average molecular weight is 967 g/mol. The van der Waals surface area contributed by atoms with E-state index in [0.717, 1.165) is 13.8 Å². The van der Waals surface area contributed by atoms with Gasteiger partial charge in [-0.25, -0.2) is 9.59 Å². The first-order valence-corrected chi connectivity index (χ1v) is 21.4. The molecule has 382 valence electrons. The lowest BCUT2D eigenvalue weighted by Crippen LogP contribution is -2.70. The molecule has 2 aliphatic rings. The fraction of sp³-hybridized carbons (Fsp3) is 0.769. The van der Waals surface area contributed by atoms with E-state index in [1.54, 1.807) is 0 Å². The second-order valence-electron chi connectivity index (χ2n) is 16.2. The molecule has 2 saturated heterocycles. The van der Waals surface area contributed by atoms with Crippen LogP contribution in [0.15, 0.2) is 0 Å². The van der Waals surface area contributed by atoms with Gasteiger partial charge >= 0.3 is 11.9 Å². The van der Waals surface area contributed by atoms with Crippen molar-refractivity contribution in [3.63, 3.8) is 0 Å². The van der Waals surface area contributed by atoms with E-state index in [-0.39, 0.29) is 19.4 Å². The molecule has 0 radical (unpaired) electrons. The number of aliphatic carboxylic acids is 2. The quantitative estimate of drug-likeness (QED) is 0.0358. The second kappa shape index (κ2) is 27.6. The standard InChI is InChI=1S/C39H66N8O20/c1-15(40)32(55)42-16(2)33(56)41-12-8-7-9-21(36(59)60)46-25(52)11-10-22(37(61)62)47-34(57)17(3)43-35(58)18(4)64-31-27(45-20(6)51)38(63)65-24(14-49)30(31)67-39-26(44-19(5)50)29(54)28(53)23(13-48)66-39/h15-18,21-24,26-31,38-39,48-49,53-54,63H,7-14,40H2,1-6H3,(H,41,56)(H,42,55)(H,43,58)(H,44,50)(H,45,51)(H,46,52)(H,47,57)(H,59,60)(H,61,62). The third kappa shape index (κ3) is 18.1. The first-order chi connectivity index (χ1) is 31.3. The van der Waals surface area contributed by atoms with Crippen LogP contribution in [0.3, 0.4) is 0 Å². The van der Waals surface area contributed by atoms with Crippen LogP contribution in [0.25, 0.3) is 0 Å². The Morgan fingerprint density at radius 2 is 1.19 bits per heavy atom. The number of hydrogen-bond acceptors (Lipinski definition) is 19. The van der Waals surface area contributed by atoms with Gasteiger partial charge in [0.05, 0.1) is 19.3 Å². The zero-order chi connectivity index (χ0) is 50.9. The molecule has 2 heterocycles. The van der Waals surface area contributed by atoms with Gasteiger partial charge in [0.15, 0.2) is 12.6 Å². The molecule has 0 bridgehead atoms. The summed E-state index contributed by atoms with van der Waals surface area (Å²) in [4.78, 5) is 111. The van der Waals surface area contributed by atoms with E-state index in [1.807, 2.05) is 0 Å². The zero-order valence-electron chi connectivity index (χ0n) is 37.9. The van der Waals surface area contributed by atoms with Crippen molar-refractivity contribution in [3.05, 3.63) is 0 Å². The molecule has 16 N–H and O–H groups in total. The van der Waals surface area contributed by atoms with Crippen LogP contribution >= 0.6 is 0 Å². The van der Waals surface area contributed by atoms with Crippen molar-refractivity contribution in [1.29, 1.82) is 0 Å². The van der Waals surface area contributed by atoms with Crippen molar-refractivity contribution in [2.45, 2.75) is 171 Å². The molecule has 2 rings (SSSR count). The molecule has 16 unspecified atom stereocenters. The Hall–Kier alpha value is -5.17. The highest BCUT2D eigenvalue weighted by atomic mass is 16.7. The Morgan fingerprint density at radius 1 is 0.642 bits per heavy atom. The summed E-state index contributed by atoms with van der Waals surface area (Å²) in [6.45, 7) is 5.87. The van der Waals surface area contributed by atoms with Gasteiger partial charge in [0.2, 0.25) is 41.4 Å². The summed E-state index contributed by atoms with van der Waals surface area (Å²) in [6.07, 6.45) is -15.4. The van der Waals surface area contributed by atoms with Gasteiger partial charge in [-0.05, 0) is 53.4 Å². The van der Waals surface area contributed by atoms with Gasteiger partial charge in [0.1, 0.15) is 79.0 Å².